The number of aryl methyl sites for hydroxylation is 1. The fourth-order valence-electron chi connectivity index (χ4n) is 4.05. The number of halogens is 1. The van der Waals surface area contributed by atoms with Crippen molar-refractivity contribution in [1.29, 1.82) is 0 Å². The van der Waals surface area contributed by atoms with Gasteiger partial charge in [0.05, 0.1) is 5.39 Å². The van der Waals surface area contributed by atoms with E-state index in [1.807, 2.05) is 0 Å². The molecule has 2 N–H and O–H groups in total. The van der Waals surface area contributed by atoms with E-state index in [1.165, 1.54) is 43.8 Å². The number of aromatic amines is 1. The molecule has 5 aromatic rings. The third-order valence-electron chi connectivity index (χ3n) is 5.50. The number of para-hydroxylation sites is 2. The van der Waals surface area contributed by atoms with Crippen LogP contribution in [0.2, 0.25) is 0 Å². The lowest BCUT2D eigenvalue weighted by Crippen LogP contribution is -3.00. The Bertz CT molecular complexity index is 1350. The highest BCUT2D eigenvalue weighted by Gasteiger charge is 2.10. The molecule has 4 heteroatoms. The highest BCUT2D eigenvalue weighted by atomic mass is 127. The van der Waals surface area contributed by atoms with E-state index in [2.05, 4.69) is 101 Å². The van der Waals surface area contributed by atoms with Gasteiger partial charge in [-0.25, -0.2) is 0 Å². The summed E-state index contributed by atoms with van der Waals surface area (Å²) in [6, 6.07) is 25.6. The third kappa shape index (κ3) is 3.85. The number of benzene rings is 3. The average Bonchev–Trinajstić information content (AvgIpc) is 3.14. The molecule has 30 heavy (non-hydrogen) atoms. The van der Waals surface area contributed by atoms with Gasteiger partial charge in [-0.1, -0.05) is 48.6 Å². The maximum atomic E-state index is 9.16. The Hall–Kier alpha value is -2.70. The van der Waals surface area contributed by atoms with Gasteiger partial charge in [0.25, 0.3) is 0 Å². The smallest absolute Gasteiger partial charge is 0.213 e. The summed E-state index contributed by atoms with van der Waals surface area (Å²) in [6.07, 6.45) is 7.24. The minimum atomic E-state index is 0. The van der Waals surface area contributed by atoms with E-state index in [9.17, 15) is 0 Å². The van der Waals surface area contributed by atoms with Crippen molar-refractivity contribution < 1.29 is 33.7 Å². The van der Waals surface area contributed by atoms with E-state index in [-0.39, 0.29) is 30.6 Å². The predicted octanol–water partition coefficient (Wildman–Crippen LogP) is 2.32. The Morgan fingerprint density at radius 3 is 2.43 bits per heavy atom. The van der Waals surface area contributed by atoms with Gasteiger partial charge in [-0.3, -0.25) is 0 Å². The van der Waals surface area contributed by atoms with Crippen LogP contribution in [0.15, 0.2) is 79.0 Å². The van der Waals surface area contributed by atoms with Gasteiger partial charge in [-0.2, -0.15) is 4.57 Å². The van der Waals surface area contributed by atoms with Crippen LogP contribution >= 0.6 is 0 Å². The molecule has 0 amide bonds. The molecule has 0 spiro atoms. The molecule has 150 valence electrons. The van der Waals surface area contributed by atoms with Crippen LogP contribution in [-0.2, 0) is 6.54 Å². The van der Waals surface area contributed by atoms with Crippen LogP contribution in [0.4, 0.5) is 0 Å². The zero-order valence-electron chi connectivity index (χ0n) is 16.6. The van der Waals surface area contributed by atoms with Gasteiger partial charge in [0, 0.05) is 47.0 Å². The second-order valence-electron chi connectivity index (χ2n) is 7.37. The minimum Gasteiger partial charge on any atom is -1.00 e. The third-order valence-corrected chi connectivity index (χ3v) is 5.50. The number of aromatic nitrogens is 2. The summed E-state index contributed by atoms with van der Waals surface area (Å²) >= 11 is 0. The molecule has 0 aliphatic carbocycles. The number of aliphatic hydroxyl groups is 1. The number of hydrogen-bond donors (Lipinski definition) is 2. The van der Waals surface area contributed by atoms with Crippen LogP contribution in [0.1, 0.15) is 17.5 Å². The van der Waals surface area contributed by atoms with Crippen molar-refractivity contribution in [3.05, 3.63) is 90.1 Å². The van der Waals surface area contributed by atoms with E-state index in [0.717, 1.165) is 13.0 Å². The number of rotatable bonds is 5. The number of aliphatic hydroxyl groups excluding tert-OH is 1. The second kappa shape index (κ2) is 8.98. The Morgan fingerprint density at radius 2 is 1.57 bits per heavy atom. The van der Waals surface area contributed by atoms with E-state index >= 15 is 0 Å². The van der Waals surface area contributed by atoms with Crippen LogP contribution in [0, 0.1) is 0 Å². The predicted molar refractivity (Wildman–Crippen MR) is 121 cm³/mol. The molecule has 0 saturated carbocycles. The lowest BCUT2D eigenvalue weighted by Gasteiger charge is -2.04. The Morgan fingerprint density at radius 1 is 0.800 bits per heavy atom. The number of hydrogen-bond acceptors (Lipinski definition) is 1. The van der Waals surface area contributed by atoms with Crippen molar-refractivity contribution in [1.82, 2.24) is 4.98 Å². The number of pyridine rings is 1. The maximum Gasteiger partial charge on any atom is 0.213 e. The summed E-state index contributed by atoms with van der Waals surface area (Å²) < 4.78 is 2.21. The first-order chi connectivity index (χ1) is 14.3. The molecule has 3 nitrogen and oxygen atoms in total. The van der Waals surface area contributed by atoms with Crippen molar-refractivity contribution in [2.24, 2.45) is 0 Å². The number of nitrogens with one attached hydrogen (secondary N) is 1. The van der Waals surface area contributed by atoms with Crippen molar-refractivity contribution in [3.8, 4) is 0 Å². The van der Waals surface area contributed by atoms with Crippen molar-refractivity contribution in [3.63, 3.8) is 0 Å². The molecule has 3 aromatic carbocycles. The lowest BCUT2D eigenvalue weighted by atomic mass is 10.1. The quantitative estimate of drug-likeness (QED) is 0.279. The topological polar surface area (TPSA) is 39.9 Å². The number of nitrogens with zero attached hydrogens (tertiary/aromatic N) is 1. The van der Waals surface area contributed by atoms with Gasteiger partial charge in [0.1, 0.15) is 0 Å². The zero-order valence-corrected chi connectivity index (χ0v) is 18.7. The minimum absolute atomic E-state index is 0. The van der Waals surface area contributed by atoms with Crippen LogP contribution in [-0.4, -0.2) is 16.7 Å². The molecule has 5 rings (SSSR count). The highest BCUT2D eigenvalue weighted by Crippen LogP contribution is 2.27. The molecule has 0 atom stereocenters. The molecule has 0 fully saturated rings. The van der Waals surface area contributed by atoms with Crippen LogP contribution in [0.3, 0.4) is 0 Å². The van der Waals surface area contributed by atoms with Crippen LogP contribution in [0.5, 0.6) is 0 Å². The summed E-state index contributed by atoms with van der Waals surface area (Å²) in [5, 5.41) is 12.9. The summed E-state index contributed by atoms with van der Waals surface area (Å²) in [6.45, 7) is 1.03. The van der Waals surface area contributed by atoms with Gasteiger partial charge in [-0.05, 0) is 35.4 Å². The molecule has 0 saturated heterocycles. The Kier molecular flexibility index (Phi) is 6.16. The van der Waals surface area contributed by atoms with Gasteiger partial charge >= 0.3 is 0 Å². The van der Waals surface area contributed by atoms with Gasteiger partial charge in [0.2, 0.25) is 5.52 Å². The van der Waals surface area contributed by atoms with Crippen molar-refractivity contribution >= 4 is 44.9 Å². The molecule has 0 aliphatic heterocycles. The summed E-state index contributed by atoms with van der Waals surface area (Å²) in [5.41, 5.74) is 5.90. The largest absolute Gasteiger partial charge is 1.00 e. The van der Waals surface area contributed by atoms with Gasteiger partial charge in [-0.15, -0.1) is 0 Å². The lowest BCUT2D eigenvalue weighted by molar-refractivity contribution is -0.672. The SMILES string of the molecule is OCCC[n+]1ccc(/C=C/c2ccc3[nH]c4ccccc4c3c2)c2ccccc21.[I-]. The molecular formula is C26H23IN2O. The van der Waals surface area contributed by atoms with Crippen molar-refractivity contribution in [2.45, 2.75) is 13.0 Å². The Labute approximate surface area is 192 Å². The standard InChI is InChI=1S/C26H22N2O.HI/c29-17-5-15-28-16-14-20(21-6-2-4-9-26(21)28)12-10-19-11-13-25-23(18-19)22-7-1-3-8-24(22)27-25;/h1-4,6-14,16,18,29H,5,15,17H2;1H. The molecule has 2 aromatic heterocycles. The summed E-state index contributed by atoms with van der Waals surface area (Å²) in [4.78, 5) is 3.48. The van der Waals surface area contributed by atoms with Crippen LogP contribution in [0.25, 0.3) is 44.9 Å². The van der Waals surface area contributed by atoms with E-state index in [4.69, 9.17) is 5.11 Å². The van der Waals surface area contributed by atoms with Gasteiger partial charge < -0.3 is 34.1 Å². The molecule has 2 heterocycles. The fraction of sp³-hybridized carbons (Fsp3) is 0.115. The molecule has 0 aliphatic rings. The van der Waals surface area contributed by atoms with Crippen LogP contribution < -0.4 is 28.5 Å². The van der Waals surface area contributed by atoms with Crippen molar-refractivity contribution in [2.75, 3.05) is 6.61 Å². The fourth-order valence-corrected chi connectivity index (χ4v) is 4.05. The maximum absolute atomic E-state index is 9.16. The Balaban J connectivity index is 0.00000218. The summed E-state index contributed by atoms with van der Waals surface area (Å²) in [7, 11) is 0. The first-order valence-electron chi connectivity index (χ1n) is 10.0. The average molecular weight is 506 g/mol. The molecule has 0 unspecified atom stereocenters. The normalized spacial score (nSPS) is 11.5. The zero-order chi connectivity index (χ0) is 19.6. The second-order valence-corrected chi connectivity index (χ2v) is 7.37. The molecule has 0 bridgehead atoms. The molecular weight excluding hydrogens is 483 g/mol. The first-order valence-corrected chi connectivity index (χ1v) is 10.0. The number of fused-ring (bicyclic) bond motifs is 4. The molecule has 0 radical (unpaired) electrons. The summed E-state index contributed by atoms with van der Waals surface area (Å²) in [5.74, 6) is 0. The highest BCUT2D eigenvalue weighted by molar-refractivity contribution is 6.08. The number of H-pyrrole nitrogens is 1. The first kappa shape index (κ1) is 20.6. The monoisotopic (exact) mass is 506 g/mol. The van der Waals surface area contributed by atoms with E-state index < -0.39 is 0 Å². The van der Waals surface area contributed by atoms with E-state index in [0.29, 0.717) is 0 Å². The van der Waals surface area contributed by atoms with E-state index in [1.54, 1.807) is 0 Å². The van der Waals surface area contributed by atoms with Gasteiger partial charge in [0.15, 0.2) is 12.7 Å².